The van der Waals surface area contributed by atoms with Crippen LogP contribution in [0, 0.1) is 6.92 Å². The van der Waals surface area contributed by atoms with E-state index in [2.05, 4.69) is 10.3 Å². The van der Waals surface area contributed by atoms with E-state index in [4.69, 9.17) is 9.47 Å². The summed E-state index contributed by atoms with van der Waals surface area (Å²) in [5.74, 6) is -2.36. The minimum atomic E-state index is -1.15. The van der Waals surface area contributed by atoms with E-state index in [0.29, 0.717) is 23.9 Å². The lowest BCUT2D eigenvalue weighted by Gasteiger charge is -2.35. The molecular weight excluding hydrogens is 562 g/mol. The van der Waals surface area contributed by atoms with Gasteiger partial charge in [-0.2, -0.15) is 0 Å². The summed E-state index contributed by atoms with van der Waals surface area (Å²) in [4.78, 5) is 71.8. The van der Waals surface area contributed by atoms with E-state index in [0.717, 1.165) is 5.56 Å². The number of pyridine rings is 1. The van der Waals surface area contributed by atoms with Crippen molar-refractivity contribution in [1.82, 2.24) is 25.0 Å². The lowest BCUT2D eigenvalue weighted by molar-refractivity contribution is -0.138. The number of nitrogens with one attached hydrogen (secondary N) is 1. The molecule has 0 radical (unpaired) electrons. The van der Waals surface area contributed by atoms with Crippen LogP contribution >= 0.6 is 0 Å². The second-order valence-corrected chi connectivity index (χ2v) is 10.6. The summed E-state index contributed by atoms with van der Waals surface area (Å²) >= 11 is 0. The van der Waals surface area contributed by atoms with Gasteiger partial charge >= 0.3 is 12.1 Å². The summed E-state index contributed by atoms with van der Waals surface area (Å²) in [5, 5.41) is 22.2. The van der Waals surface area contributed by atoms with Gasteiger partial charge < -0.3 is 39.7 Å². The van der Waals surface area contributed by atoms with E-state index in [-0.39, 0.29) is 76.1 Å². The molecule has 14 nitrogen and oxygen atoms in total. The fraction of sp³-hybridized carbons (Fsp3) is 0.517. The van der Waals surface area contributed by atoms with Gasteiger partial charge in [-0.3, -0.25) is 19.2 Å². The van der Waals surface area contributed by atoms with Crippen LogP contribution in [0.5, 0.6) is 5.75 Å². The monoisotopic (exact) mass is 599 g/mol. The highest BCUT2D eigenvalue weighted by molar-refractivity contribution is 5.99. The number of aromatic nitrogens is 1. The van der Waals surface area contributed by atoms with Gasteiger partial charge in [0.25, 0.3) is 11.8 Å². The van der Waals surface area contributed by atoms with E-state index in [1.54, 1.807) is 19.1 Å². The summed E-state index contributed by atoms with van der Waals surface area (Å²) in [6, 6.07) is 5.61. The van der Waals surface area contributed by atoms with Crippen molar-refractivity contribution in [2.75, 3.05) is 52.5 Å². The first-order valence-corrected chi connectivity index (χ1v) is 14.3. The third-order valence-corrected chi connectivity index (χ3v) is 7.39. The molecule has 0 bridgehead atoms. The number of hydrogen-bond acceptors (Lipinski definition) is 9. The molecule has 4 amide bonds. The summed E-state index contributed by atoms with van der Waals surface area (Å²) in [7, 11) is 0. The van der Waals surface area contributed by atoms with Gasteiger partial charge in [0.1, 0.15) is 17.5 Å². The predicted octanol–water partition coefficient (Wildman–Crippen LogP) is 0.779. The number of rotatable bonds is 10. The highest BCUT2D eigenvalue weighted by Gasteiger charge is 2.31. The Morgan fingerprint density at radius 3 is 2.42 bits per heavy atom. The summed E-state index contributed by atoms with van der Waals surface area (Å²) in [6.07, 6.45) is -1.05. The van der Waals surface area contributed by atoms with E-state index in [1.807, 2.05) is 13.0 Å². The number of aryl methyl sites for hydroxylation is 1. The molecule has 4 rings (SSSR count). The minimum absolute atomic E-state index is 0.0719. The van der Waals surface area contributed by atoms with Crippen molar-refractivity contribution < 1.29 is 43.7 Å². The number of likely N-dealkylation sites (tertiary alicyclic amines) is 1. The standard InChI is InChI=1S/C29H37N5O9/c1-3-42-29(41)33-12-10-32(11-13-33)28(40)21(6-7-26(37)38)31-27(39)23-15-24(20-5-4-18(2)14-22(20)30-23)43-17-25(36)34-9-8-19(35)16-34/h4-5,14-15,19,21,35H,3,6-13,16-17H2,1-2H3,(H,31,39)(H,37,38)/t19-,21-/m0/s1. The van der Waals surface area contributed by atoms with Crippen LogP contribution in [-0.4, -0.2) is 124 Å². The van der Waals surface area contributed by atoms with Crippen LogP contribution in [0.4, 0.5) is 4.79 Å². The van der Waals surface area contributed by atoms with Gasteiger partial charge in [-0.25, -0.2) is 9.78 Å². The van der Waals surface area contributed by atoms with E-state index >= 15 is 0 Å². The molecule has 0 spiro atoms. The Kier molecular flexibility index (Phi) is 10.3. The molecule has 3 N–H and O–H groups in total. The molecule has 0 unspecified atom stereocenters. The normalized spacial score (nSPS) is 17.5. The van der Waals surface area contributed by atoms with E-state index < -0.39 is 36.0 Å². The van der Waals surface area contributed by atoms with E-state index in [9.17, 15) is 34.2 Å². The smallest absolute Gasteiger partial charge is 0.409 e. The predicted molar refractivity (Wildman–Crippen MR) is 152 cm³/mol. The number of hydrogen-bond donors (Lipinski definition) is 3. The van der Waals surface area contributed by atoms with E-state index in [1.165, 1.54) is 20.8 Å². The summed E-state index contributed by atoms with van der Waals surface area (Å²) < 4.78 is 10.9. The number of carbonyl (C=O) groups excluding carboxylic acids is 4. The molecule has 2 saturated heterocycles. The minimum Gasteiger partial charge on any atom is -0.483 e. The third kappa shape index (κ3) is 8.09. The molecule has 14 heteroatoms. The SMILES string of the molecule is CCOC(=O)N1CCN(C(=O)[C@H](CCC(=O)O)NC(=O)c2cc(OCC(=O)N3CC[C@H](O)C3)c3ccc(C)cc3n2)CC1. The van der Waals surface area contributed by atoms with Crippen LogP contribution in [0.15, 0.2) is 24.3 Å². The van der Waals surface area contributed by atoms with Gasteiger partial charge in [-0.15, -0.1) is 0 Å². The number of nitrogens with zero attached hydrogens (tertiary/aromatic N) is 4. The number of piperazine rings is 1. The van der Waals surface area contributed by atoms with Crippen molar-refractivity contribution in [3.05, 3.63) is 35.5 Å². The molecule has 2 atom stereocenters. The first kappa shape index (κ1) is 31.5. The van der Waals surface area contributed by atoms with Crippen molar-refractivity contribution >= 4 is 40.7 Å². The van der Waals surface area contributed by atoms with Crippen molar-refractivity contribution in [2.45, 2.75) is 45.3 Å². The van der Waals surface area contributed by atoms with Gasteiger partial charge in [-0.05, 0) is 44.4 Å². The molecule has 1 aromatic heterocycles. The number of aliphatic carboxylic acids is 1. The Morgan fingerprint density at radius 1 is 1.05 bits per heavy atom. The van der Waals surface area contributed by atoms with Crippen LogP contribution < -0.4 is 10.1 Å². The fourth-order valence-electron chi connectivity index (χ4n) is 5.04. The zero-order valence-electron chi connectivity index (χ0n) is 24.3. The quantitative estimate of drug-likeness (QED) is 0.353. The molecule has 2 aliphatic heterocycles. The molecule has 43 heavy (non-hydrogen) atoms. The van der Waals surface area contributed by atoms with Gasteiger partial charge in [0.15, 0.2) is 6.61 Å². The van der Waals surface area contributed by atoms with Gasteiger partial charge in [-0.1, -0.05) is 6.07 Å². The Labute approximate surface area is 248 Å². The average Bonchev–Trinajstić information content (AvgIpc) is 3.43. The number of ether oxygens (including phenoxy) is 2. The van der Waals surface area contributed by atoms with Crippen LogP contribution in [0.3, 0.4) is 0 Å². The van der Waals surface area contributed by atoms with Crippen LogP contribution in [0.1, 0.15) is 42.2 Å². The first-order valence-electron chi connectivity index (χ1n) is 14.3. The lowest BCUT2D eigenvalue weighted by atomic mass is 10.1. The summed E-state index contributed by atoms with van der Waals surface area (Å²) in [5.41, 5.74) is 1.25. The Balaban J connectivity index is 1.51. The molecule has 0 aliphatic carbocycles. The van der Waals surface area contributed by atoms with Gasteiger partial charge in [0, 0.05) is 57.1 Å². The molecular formula is C29H37N5O9. The van der Waals surface area contributed by atoms with Crippen molar-refractivity contribution in [1.29, 1.82) is 0 Å². The molecule has 0 saturated carbocycles. The van der Waals surface area contributed by atoms with Crippen LogP contribution in [-0.2, 0) is 19.1 Å². The highest BCUT2D eigenvalue weighted by Crippen LogP contribution is 2.27. The number of β-amino-alcohol motifs (C(OH)–C–C–N with tert-alkyl or cyclic N) is 1. The maximum Gasteiger partial charge on any atom is 0.409 e. The number of carbonyl (C=O) groups is 5. The van der Waals surface area contributed by atoms with Crippen molar-refractivity contribution in [3.63, 3.8) is 0 Å². The second kappa shape index (κ2) is 14.1. The highest BCUT2D eigenvalue weighted by atomic mass is 16.6. The lowest BCUT2D eigenvalue weighted by Crippen LogP contribution is -2.56. The molecule has 232 valence electrons. The Hall–Kier alpha value is -4.46. The van der Waals surface area contributed by atoms with Crippen LogP contribution in [0.25, 0.3) is 10.9 Å². The maximum absolute atomic E-state index is 13.4. The molecule has 3 heterocycles. The van der Waals surface area contributed by atoms with Crippen molar-refractivity contribution in [2.24, 2.45) is 0 Å². The Bertz CT molecular complexity index is 1380. The zero-order chi connectivity index (χ0) is 31.1. The molecule has 2 fully saturated rings. The Morgan fingerprint density at radius 2 is 1.77 bits per heavy atom. The number of benzene rings is 1. The topological polar surface area (TPSA) is 179 Å². The average molecular weight is 600 g/mol. The number of carboxylic acid groups (broad SMARTS) is 1. The van der Waals surface area contributed by atoms with Crippen LogP contribution in [0.2, 0.25) is 0 Å². The number of fused-ring (bicyclic) bond motifs is 1. The molecule has 2 aliphatic rings. The number of amides is 4. The number of aliphatic hydroxyl groups excluding tert-OH is 1. The number of aliphatic hydroxyl groups is 1. The second-order valence-electron chi connectivity index (χ2n) is 10.6. The maximum atomic E-state index is 13.4. The zero-order valence-corrected chi connectivity index (χ0v) is 24.3. The van der Waals surface area contributed by atoms with Gasteiger partial charge in [0.05, 0.1) is 18.2 Å². The molecule has 1 aromatic carbocycles. The summed E-state index contributed by atoms with van der Waals surface area (Å²) in [6.45, 7) is 5.03. The fourth-order valence-corrected chi connectivity index (χ4v) is 5.04. The largest absolute Gasteiger partial charge is 0.483 e. The van der Waals surface area contributed by atoms with Crippen molar-refractivity contribution in [3.8, 4) is 5.75 Å². The first-order chi connectivity index (χ1) is 20.5. The van der Waals surface area contributed by atoms with Gasteiger partial charge in [0.2, 0.25) is 5.91 Å². The third-order valence-electron chi connectivity index (χ3n) is 7.39. The molecule has 2 aromatic rings. The number of carboxylic acids is 1.